The van der Waals surface area contributed by atoms with Gasteiger partial charge in [0.25, 0.3) is 0 Å². The van der Waals surface area contributed by atoms with Gasteiger partial charge in [0.05, 0.1) is 0 Å². The largest absolute Gasteiger partial charge is 0.342 e. The van der Waals surface area contributed by atoms with Gasteiger partial charge in [0, 0.05) is 25.7 Å². The van der Waals surface area contributed by atoms with Crippen molar-refractivity contribution < 1.29 is 4.79 Å². The predicted octanol–water partition coefficient (Wildman–Crippen LogP) is -0.0772. The van der Waals surface area contributed by atoms with E-state index in [0.29, 0.717) is 6.04 Å². The molecule has 0 aromatic carbocycles. The maximum absolute atomic E-state index is 10.5. The van der Waals surface area contributed by atoms with Gasteiger partial charge < -0.3 is 4.90 Å². The Bertz CT molecular complexity index is 160. The van der Waals surface area contributed by atoms with Crippen molar-refractivity contribution in [2.24, 2.45) is 0 Å². The van der Waals surface area contributed by atoms with Crippen molar-refractivity contribution in [3.05, 3.63) is 0 Å². The lowest BCUT2D eigenvalue weighted by Gasteiger charge is -2.35. The molecule has 0 unspecified atom stereocenters. The molecular formula is C8H14N2O. The predicted molar refractivity (Wildman–Crippen MR) is 42.2 cm³/mol. The number of hydrogen-bond acceptors (Lipinski definition) is 2. The van der Waals surface area contributed by atoms with Crippen molar-refractivity contribution in [2.75, 3.05) is 26.2 Å². The van der Waals surface area contributed by atoms with Crippen LogP contribution in [0.4, 0.5) is 0 Å². The molecule has 0 aromatic rings. The van der Waals surface area contributed by atoms with Crippen LogP contribution in [0.1, 0.15) is 12.8 Å². The zero-order valence-electron chi connectivity index (χ0n) is 6.70. The SMILES string of the molecule is O=CN1CCN2CCC[C@@H]2C1. The van der Waals surface area contributed by atoms with Crippen LogP contribution in [0.2, 0.25) is 0 Å². The Labute approximate surface area is 67.0 Å². The maximum Gasteiger partial charge on any atom is 0.209 e. The first-order valence-corrected chi connectivity index (χ1v) is 4.33. The van der Waals surface area contributed by atoms with Crippen LogP contribution in [-0.4, -0.2) is 48.4 Å². The van der Waals surface area contributed by atoms with E-state index in [4.69, 9.17) is 0 Å². The topological polar surface area (TPSA) is 23.6 Å². The van der Waals surface area contributed by atoms with Gasteiger partial charge in [-0.2, -0.15) is 0 Å². The van der Waals surface area contributed by atoms with Crippen LogP contribution in [0, 0.1) is 0 Å². The van der Waals surface area contributed by atoms with Gasteiger partial charge in [0.15, 0.2) is 0 Å². The first-order chi connectivity index (χ1) is 5.40. The minimum Gasteiger partial charge on any atom is -0.342 e. The Morgan fingerprint density at radius 1 is 1.27 bits per heavy atom. The standard InChI is InChI=1S/C8H14N2O/c11-7-9-4-5-10-3-1-2-8(10)6-9/h7-8H,1-6H2/t8-/m1/s1. The molecule has 2 rings (SSSR count). The van der Waals surface area contributed by atoms with Crippen LogP contribution in [0.5, 0.6) is 0 Å². The molecule has 0 bridgehead atoms. The van der Waals surface area contributed by atoms with Crippen LogP contribution in [-0.2, 0) is 4.79 Å². The number of piperazine rings is 1. The molecule has 0 aliphatic carbocycles. The van der Waals surface area contributed by atoms with Gasteiger partial charge in [0.1, 0.15) is 0 Å². The van der Waals surface area contributed by atoms with Crippen molar-refractivity contribution in [3.63, 3.8) is 0 Å². The molecule has 0 N–H and O–H groups in total. The van der Waals surface area contributed by atoms with Crippen molar-refractivity contribution >= 4 is 6.41 Å². The van der Waals surface area contributed by atoms with E-state index in [1.807, 2.05) is 4.90 Å². The lowest BCUT2D eigenvalue weighted by molar-refractivity contribution is -0.120. The summed E-state index contributed by atoms with van der Waals surface area (Å²) in [7, 11) is 0. The molecule has 2 saturated heterocycles. The highest BCUT2D eigenvalue weighted by molar-refractivity contribution is 5.47. The molecular weight excluding hydrogens is 140 g/mol. The van der Waals surface area contributed by atoms with E-state index in [-0.39, 0.29) is 0 Å². The summed E-state index contributed by atoms with van der Waals surface area (Å²) < 4.78 is 0. The van der Waals surface area contributed by atoms with Crippen molar-refractivity contribution in [2.45, 2.75) is 18.9 Å². The second-order valence-corrected chi connectivity index (χ2v) is 3.43. The fraction of sp³-hybridized carbons (Fsp3) is 0.875. The fourth-order valence-corrected chi connectivity index (χ4v) is 2.11. The van der Waals surface area contributed by atoms with E-state index < -0.39 is 0 Å². The average molecular weight is 154 g/mol. The first kappa shape index (κ1) is 7.10. The van der Waals surface area contributed by atoms with Crippen LogP contribution in [0.25, 0.3) is 0 Å². The normalized spacial score (nSPS) is 32.0. The molecule has 1 atom stereocenters. The highest BCUT2D eigenvalue weighted by atomic mass is 16.1. The van der Waals surface area contributed by atoms with Crippen molar-refractivity contribution in [3.8, 4) is 0 Å². The lowest BCUT2D eigenvalue weighted by Crippen LogP contribution is -2.49. The quantitative estimate of drug-likeness (QED) is 0.493. The Kier molecular flexibility index (Phi) is 1.82. The molecule has 0 spiro atoms. The third-order valence-electron chi connectivity index (χ3n) is 2.77. The fourth-order valence-electron chi connectivity index (χ4n) is 2.11. The van der Waals surface area contributed by atoms with Gasteiger partial charge in [-0.25, -0.2) is 0 Å². The van der Waals surface area contributed by atoms with Crippen LogP contribution < -0.4 is 0 Å². The van der Waals surface area contributed by atoms with E-state index in [0.717, 1.165) is 26.0 Å². The molecule has 2 aliphatic heterocycles. The molecule has 0 saturated carbocycles. The highest BCUT2D eigenvalue weighted by Gasteiger charge is 2.29. The summed E-state index contributed by atoms with van der Waals surface area (Å²) >= 11 is 0. The van der Waals surface area contributed by atoms with Crippen molar-refractivity contribution in [1.29, 1.82) is 0 Å². The van der Waals surface area contributed by atoms with Gasteiger partial charge in [-0.1, -0.05) is 0 Å². The van der Waals surface area contributed by atoms with Gasteiger partial charge in [-0.3, -0.25) is 9.69 Å². The molecule has 62 valence electrons. The monoisotopic (exact) mass is 154 g/mol. The number of hydrogen-bond donors (Lipinski definition) is 0. The van der Waals surface area contributed by atoms with E-state index in [2.05, 4.69) is 4.90 Å². The molecule has 0 aromatic heterocycles. The Balaban J connectivity index is 1.96. The second-order valence-electron chi connectivity index (χ2n) is 3.43. The summed E-state index contributed by atoms with van der Waals surface area (Å²) in [5.74, 6) is 0. The summed E-state index contributed by atoms with van der Waals surface area (Å²) in [5, 5.41) is 0. The lowest BCUT2D eigenvalue weighted by atomic mass is 10.2. The number of rotatable bonds is 1. The van der Waals surface area contributed by atoms with Crippen molar-refractivity contribution in [1.82, 2.24) is 9.80 Å². The first-order valence-electron chi connectivity index (χ1n) is 4.33. The van der Waals surface area contributed by atoms with E-state index in [1.54, 1.807) is 0 Å². The summed E-state index contributed by atoms with van der Waals surface area (Å²) in [4.78, 5) is 14.9. The van der Waals surface area contributed by atoms with E-state index >= 15 is 0 Å². The number of carbonyl (C=O) groups excluding carboxylic acids is 1. The summed E-state index contributed by atoms with van der Waals surface area (Å²) in [6.45, 7) is 4.23. The molecule has 2 heterocycles. The third kappa shape index (κ3) is 1.25. The third-order valence-corrected chi connectivity index (χ3v) is 2.77. The number of nitrogens with zero attached hydrogens (tertiary/aromatic N) is 2. The smallest absolute Gasteiger partial charge is 0.209 e. The highest BCUT2D eigenvalue weighted by Crippen LogP contribution is 2.20. The number of fused-ring (bicyclic) bond motifs is 1. The van der Waals surface area contributed by atoms with Crippen LogP contribution in [0.3, 0.4) is 0 Å². The van der Waals surface area contributed by atoms with Crippen LogP contribution >= 0.6 is 0 Å². The summed E-state index contributed by atoms with van der Waals surface area (Å²) in [5.41, 5.74) is 0. The van der Waals surface area contributed by atoms with E-state index in [9.17, 15) is 4.79 Å². The average Bonchev–Trinajstić information content (AvgIpc) is 2.50. The molecule has 2 aliphatic rings. The Hall–Kier alpha value is -0.570. The molecule has 11 heavy (non-hydrogen) atoms. The zero-order chi connectivity index (χ0) is 7.68. The molecule has 2 fully saturated rings. The van der Waals surface area contributed by atoms with Gasteiger partial charge in [-0.15, -0.1) is 0 Å². The van der Waals surface area contributed by atoms with E-state index in [1.165, 1.54) is 19.4 Å². The number of carbonyl (C=O) groups is 1. The summed E-state index contributed by atoms with van der Waals surface area (Å²) in [6, 6.07) is 0.675. The van der Waals surface area contributed by atoms with Gasteiger partial charge in [0.2, 0.25) is 6.41 Å². The number of amides is 1. The Morgan fingerprint density at radius 3 is 3.00 bits per heavy atom. The zero-order valence-corrected chi connectivity index (χ0v) is 6.70. The molecule has 3 nitrogen and oxygen atoms in total. The minimum absolute atomic E-state index is 0.675. The maximum atomic E-state index is 10.5. The molecule has 0 radical (unpaired) electrons. The minimum atomic E-state index is 0.675. The molecule has 3 heteroatoms. The Morgan fingerprint density at radius 2 is 2.18 bits per heavy atom. The summed E-state index contributed by atoms with van der Waals surface area (Å²) in [6.07, 6.45) is 3.58. The van der Waals surface area contributed by atoms with Crippen LogP contribution in [0.15, 0.2) is 0 Å². The molecule has 1 amide bonds. The second kappa shape index (κ2) is 2.81. The van der Waals surface area contributed by atoms with Gasteiger partial charge in [-0.05, 0) is 19.4 Å². The van der Waals surface area contributed by atoms with Gasteiger partial charge >= 0.3 is 0 Å².